The molecule has 0 unspecified atom stereocenters. The van der Waals surface area contributed by atoms with Crippen LogP contribution in [-0.2, 0) is 29.7 Å². The molecule has 5 rings (SSSR count). The molecule has 0 aliphatic carbocycles. The summed E-state index contributed by atoms with van der Waals surface area (Å²) in [7, 11) is -3.20. The summed E-state index contributed by atoms with van der Waals surface area (Å²) in [4.78, 5) is 19.1. The van der Waals surface area contributed by atoms with Gasteiger partial charge in [0.1, 0.15) is 6.07 Å². The summed E-state index contributed by atoms with van der Waals surface area (Å²) in [5.74, 6) is 0. The second-order valence-corrected chi connectivity index (χ2v) is 11.4. The lowest BCUT2D eigenvalue weighted by molar-refractivity contribution is 0.169. The molecule has 3 aliphatic heterocycles. The smallest absolute Gasteiger partial charge is 0.319 e. The van der Waals surface area contributed by atoms with Crippen LogP contribution in [0.1, 0.15) is 35.1 Å². The molecule has 178 valence electrons. The predicted octanol–water partition coefficient (Wildman–Crippen LogP) is 2.74. The lowest BCUT2D eigenvalue weighted by Gasteiger charge is -2.35. The van der Waals surface area contributed by atoms with Gasteiger partial charge in [0.05, 0.1) is 17.5 Å². The molecule has 3 heterocycles. The Morgan fingerprint density at radius 1 is 1.00 bits per heavy atom. The summed E-state index contributed by atoms with van der Waals surface area (Å²) in [6.07, 6.45) is 2.50. The number of fused-ring (bicyclic) bond motifs is 1. The van der Waals surface area contributed by atoms with E-state index in [9.17, 15) is 18.5 Å². The zero-order valence-corrected chi connectivity index (χ0v) is 20.2. The maximum atomic E-state index is 13.2. The van der Waals surface area contributed by atoms with E-state index in [0.29, 0.717) is 50.3 Å². The number of hydrogen-bond acceptors (Lipinski definition) is 5. The van der Waals surface area contributed by atoms with Crippen molar-refractivity contribution in [1.29, 1.82) is 5.26 Å². The highest BCUT2D eigenvalue weighted by Gasteiger charge is 2.38. The molecule has 0 N–H and O–H groups in total. The number of carbonyl (C=O) groups excluding carboxylic acids is 1. The second-order valence-electron chi connectivity index (χ2n) is 9.40. The molecular formula is C25H29N5O3S. The number of nitrogens with zero attached hydrogens (tertiary/aromatic N) is 5. The van der Waals surface area contributed by atoms with Crippen molar-refractivity contribution >= 4 is 21.7 Å². The molecular weight excluding hydrogens is 450 g/mol. The van der Waals surface area contributed by atoms with Gasteiger partial charge in [0.25, 0.3) is 0 Å². The van der Waals surface area contributed by atoms with Crippen LogP contribution < -0.4 is 4.90 Å². The SMILES string of the molecule is CS(=O)(=O)N1CCC(N2CCN(c3ccc(CN4Cc5ccccc5C4)cc3C#N)C2=O)CC1. The standard InChI is InChI=1S/C25H29N5O3S/c1-34(32,33)28-10-8-23(9-11-28)29-12-13-30(25(29)31)24-7-6-19(14-22(24)15-26)16-27-17-20-4-2-3-5-21(20)18-27/h2-7,14,23H,8-13,16-18H2,1H3. The molecule has 2 aromatic carbocycles. The fraction of sp³-hybridized carbons (Fsp3) is 0.440. The van der Waals surface area contributed by atoms with Crippen LogP contribution in [0.5, 0.6) is 0 Å². The Bertz CT molecular complexity index is 1220. The fourth-order valence-corrected chi connectivity index (χ4v) is 6.26. The van der Waals surface area contributed by atoms with Crippen molar-refractivity contribution in [2.75, 3.05) is 37.3 Å². The van der Waals surface area contributed by atoms with E-state index < -0.39 is 10.0 Å². The highest BCUT2D eigenvalue weighted by atomic mass is 32.2. The minimum absolute atomic E-state index is 0.0251. The van der Waals surface area contributed by atoms with E-state index in [1.54, 1.807) is 4.90 Å². The normalized spacial score (nSPS) is 20.1. The second kappa shape index (κ2) is 9.02. The van der Waals surface area contributed by atoms with Gasteiger partial charge in [0.2, 0.25) is 10.0 Å². The highest BCUT2D eigenvalue weighted by molar-refractivity contribution is 7.88. The van der Waals surface area contributed by atoms with Crippen molar-refractivity contribution in [3.63, 3.8) is 0 Å². The van der Waals surface area contributed by atoms with Gasteiger partial charge >= 0.3 is 6.03 Å². The third kappa shape index (κ3) is 4.41. The molecule has 34 heavy (non-hydrogen) atoms. The van der Waals surface area contributed by atoms with E-state index in [1.165, 1.54) is 21.7 Å². The van der Waals surface area contributed by atoms with Gasteiger partial charge in [0.15, 0.2) is 0 Å². The monoisotopic (exact) mass is 479 g/mol. The number of sulfonamides is 1. The molecule has 0 bridgehead atoms. The number of anilines is 1. The number of hydrogen-bond donors (Lipinski definition) is 0. The molecule has 2 fully saturated rings. The Labute approximate surface area is 201 Å². The maximum absolute atomic E-state index is 13.2. The maximum Gasteiger partial charge on any atom is 0.324 e. The zero-order valence-electron chi connectivity index (χ0n) is 19.4. The Morgan fingerprint density at radius 2 is 1.68 bits per heavy atom. The average molecular weight is 480 g/mol. The quantitative estimate of drug-likeness (QED) is 0.658. The van der Waals surface area contributed by atoms with Crippen molar-refractivity contribution in [1.82, 2.24) is 14.1 Å². The lowest BCUT2D eigenvalue weighted by atomic mass is 10.1. The van der Waals surface area contributed by atoms with Crippen LogP contribution in [0, 0.1) is 11.3 Å². The van der Waals surface area contributed by atoms with Crippen LogP contribution in [0.3, 0.4) is 0 Å². The minimum Gasteiger partial charge on any atom is -0.319 e. The molecule has 0 aromatic heterocycles. The number of urea groups is 1. The first kappa shape index (κ1) is 22.8. The molecule has 2 aromatic rings. The summed E-state index contributed by atoms with van der Waals surface area (Å²) in [5, 5.41) is 9.83. The molecule has 2 amide bonds. The van der Waals surface area contributed by atoms with Crippen LogP contribution in [0.25, 0.3) is 0 Å². The molecule has 0 atom stereocenters. The van der Waals surface area contributed by atoms with Gasteiger partial charge in [-0.3, -0.25) is 9.80 Å². The van der Waals surface area contributed by atoms with Crippen LogP contribution in [-0.4, -0.2) is 67.0 Å². The Morgan fingerprint density at radius 3 is 2.29 bits per heavy atom. The summed E-state index contributed by atoms with van der Waals surface area (Å²) < 4.78 is 25.0. The molecule has 8 nitrogen and oxygen atoms in total. The van der Waals surface area contributed by atoms with Crippen molar-refractivity contribution in [2.45, 2.75) is 38.5 Å². The Kier molecular flexibility index (Phi) is 6.06. The van der Waals surface area contributed by atoms with E-state index in [1.807, 2.05) is 23.1 Å². The van der Waals surface area contributed by atoms with Gasteiger partial charge in [-0.05, 0) is 41.7 Å². The molecule has 2 saturated heterocycles. The Hall–Kier alpha value is -2.93. The summed E-state index contributed by atoms with van der Waals surface area (Å²) in [6, 6.07) is 16.5. The third-order valence-corrected chi connectivity index (χ3v) is 8.46. The first-order valence-corrected chi connectivity index (χ1v) is 13.5. The molecule has 0 radical (unpaired) electrons. The summed E-state index contributed by atoms with van der Waals surface area (Å²) >= 11 is 0. The largest absolute Gasteiger partial charge is 0.324 e. The van der Waals surface area contributed by atoms with Gasteiger partial charge in [-0.15, -0.1) is 0 Å². The number of rotatable bonds is 5. The molecule has 0 spiro atoms. The van der Waals surface area contributed by atoms with Crippen molar-refractivity contribution in [2.24, 2.45) is 0 Å². The van der Waals surface area contributed by atoms with E-state index in [0.717, 1.165) is 25.2 Å². The fourth-order valence-electron chi connectivity index (χ4n) is 5.38. The van der Waals surface area contributed by atoms with E-state index in [-0.39, 0.29) is 12.1 Å². The van der Waals surface area contributed by atoms with Gasteiger partial charge < -0.3 is 4.90 Å². The van der Waals surface area contributed by atoms with Gasteiger partial charge in [-0.25, -0.2) is 17.5 Å². The summed E-state index contributed by atoms with van der Waals surface area (Å²) in [5.41, 5.74) is 4.92. The van der Waals surface area contributed by atoms with Gasteiger partial charge in [-0.1, -0.05) is 30.3 Å². The molecule has 3 aliphatic rings. The van der Waals surface area contributed by atoms with Gasteiger partial charge in [-0.2, -0.15) is 5.26 Å². The number of carbonyl (C=O) groups is 1. The van der Waals surface area contributed by atoms with Crippen LogP contribution in [0.15, 0.2) is 42.5 Å². The number of benzene rings is 2. The van der Waals surface area contributed by atoms with E-state index in [2.05, 4.69) is 35.2 Å². The molecule has 0 saturated carbocycles. The van der Waals surface area contributed by atoms with Crippen molar-refractivity contribution < 1.29 is 13.2 Å². The lowest BCUT2D eigenvalue weighted by Crippen LogP contribution is -2.47. The number of amides is 2. The van der Waals surface area contributed by atoms with Crippen molar-refractivity contribution in [3.8, 4) is 6.07 Å². The minimum atomic E-state index is -3.20. The third-order valence-electron chi connectivity index (χ3n) is 7.16. The Balaban J connectivity index is 1.25. The van der Waals surface area contributed by atoms with Crippen molar-refractivity contribution in [3.05, 3.63) is 64.7 Å². The van der Waals surface area contributed by atoms with Crippen LogP contribution in [0.4, 0.5) is 10.5 Å². The van der Waals surface area contributed by atoms with Crippen LogP contribution >= 0.6 is 0 Å². The van der Waals surface area contributed by atoms with Crippen LogP contribution in [0.2, 0.25) is 0 Å². The number of piperidine rings is 1. The van der Waals surface area contributed by atoms with Gasteiger partial charge in [0, 0.05) is 51.9 Å². The topological polar surface area (TPSA) is 88.0 Å². The average Bonchev–Trinajstić information content (AvgIpc) is 3.41. The summed E-state index contributed by atoms with van der Waals surface area (Å²) in [6.45, 7) is 4.54. The number of nitriles is 1. The zero-order chi connectivity index (χ0) is 23.9. The molecule has 9 heteroatoms. The first-order valence-electron chi connectivity index (χ1n) is 11.7. The predicted molar refractivity (Wildman–Crippen MR) is 129 cm³/mol. The first-order chi connectivity index (χ1) is 16.3. The van der Waals surface area contributed by atoms with E-state index in [4.69, 9.17) is 0 Å². The van der Waals surface area contributed by atoms with E-state index >= 15 is 0 Å². The highest BCUT2D eigenvalue weighted by Crippen LogP contribution is 2.30.